The van der Waals surface area contributed by atoms with Gasteiger partial charge in [0.25, 0.3) is 5.91 Å². The topological polar surface area (TPSA) is 38.1 Å². The van der Waals surface area contributed by atoms with Crippen LogP contribution in [0.25, 0.3) is 5.69 Å². The number of carbonyl (C=O) groups is 1. The zero-order chi connectivity index (χ0) is 18.7. The summed E-state index contributed by atoms with van der Waals surface area (Å²) in [7, 11) is 1.49. The highest BCUT2D eigenvalue weighted by atomic mass is 19.4. The van der Waals surface area contributed by atoms with Crippen LogP contribution in [-0.2, 0) is 12.7 Å². The molecule has 0 radical (unpaired) electrons. The molecule has 0 fully saturated rings. The summed E-state index contributed by atoms with van der Waals surface area (Å²) in [5.41, 5.74) is 0.575. The molecule has 0 bridgehead atoms. The van der Waals surface area contributed by atoms with E-state index in [0.717, 1.165) is 11.8 Å². The highest BCUT2D eigenvalue weighted by molar-refractivity contribution is 5.94. The molecule has 0 aliphatic rings. The summed E-state index contributed by atoms with van der Waals surface area (Å²) in [6, 6.07) is 12.1. The number of carbonyl (C=O) groups excluding carboxylic acids is 1. The third kappa shape index (κ3) is 3.77. The number of hydrogen-bond acceptors (Lipinski definition) is 2. The van der Waals surface area contributed by atoms with Crippen molar-refractivity contribution >= 4 is 5.91 Å². The standard InChI is InChI=1S/C19H16F3N3O/c1-24(12-15-4-2-3-5-17(15)19(20,21)22)18(26)14-6-8-16(9-7-14)25-11-10-23-13-25/h2-11,13H,12H2,1H3. The molecule has 7 heteroatoms. The average molecular weight is 359 g/mol. The van der Waals surface area contributed by atoms with Crippen molar-refractivity contribution in [2.24, 2.45) is 0 Å². The van der Waals surface area contributed by atoms with Crippen LogP contribution in [0.1, 0.15) is 21.5 Å². The molecule has 1 heterocycles. The van der Waals surface area contributed by atoms with Gasteiger partial charge in [0.1, 0.15) is 0 Å². The molecule has 0 spiro atoms. The van der Waals surface area contributed by atoms with E-state index in [0.29, 0.717) is 5.56 Å². The molecule has 134 valence electrons. The summed E-state index contributed by atoms with van der Waals surface area (Å²) in [5.74, 6) is -0.348. The first kappa shape index (κ1) is 17.7. The van der Waals surface area contributed by atoms with Crippen LogP contribution in [0.5, 0.6) is 0 Å². The summed E-state index contributed by atoms with van der Waals surface area (Å²) < 4.78 is 41.1. The van der Waals surface area contributed by atoms with E-state index in [1.807, 2.05) is 0 Å². The van der Waals surface area contributed by atoms with Crippen molar-refractivity contribution in [1.29, 1.82) is 0 Å². The van der Waals surface area contributed by atoms with Crippen molar-refractivity contribution in [2.75, 3.05) is 7.05 Å². The second-order valence-corrected chi connectivity index (χ2v) is 5.83. The molecule has 0 aliphatic heterocycles. The molecular formula is C19H16F3N3O. The molecule has 1 amide bonds. The van der Waals surface area contributed by atoms with Gasteiger partial charge in [-0.1, -0.05) is 18.2 Å². The van der Waals surface area contributed by atoms with Crippen molar-refractivity contribution in [2.45, 2.75) is 12.7 Å². The monoisotopic (exact) mass is 359 g/mol. The van der Waals surface area contributed by atoms with E-state index in [1.54, 1.807) is 47.6 Å². The first-order chi connectivity index (χ1) is 12.4. The minimum Gasteiger partial charge on any atom is -0.337 e. The lowest BCUT2D eigenvalue weighted by Crippen LogP contribution is -2.27. The summed E-state index contributed by atoms with van der Waals surface area (Å²) in [6.07, 6.45) is 0.603. The number of hydrogen-bond donors (Lipinski definition) is 0. The highest BCUT2D eigenvalue weighted by Crippen LogP contribution is 2.32. The zero-order valence-electron chi connectivity index (χ0n) is 13.9. The quantitative estimate of drug-likeness (QED) is 0.701. The van der Waals surface area contributed by atoms with E-state index < -0.39 is 11.7 Å². The number of aromatic nitrogens is 2. The molecule has 3 aromatic rings. The normalized spacial score (nSPS) is 11.4. The van der Waals surface area contributed by atoms with E-state index in [-0.39, 0.29) is 18.0 Å². The van der Waals surface area contributed by atoms with E-state index in [1.165, 1.54) is 30.1 Å². The summed E-state index contributed by atoms with van der Waals surface area (Å²) in [6.45, 7) is -0.127. The van der Waals surface area contributed by atoms with Gasteiger partial charge in [-0.3, -0.25) is 4.79 Å². The third-order valence-corrected chi connectivity index (χ3v) is 3.99. The molecular weight excluding hydrogens is 343 g/mol. The van der Waals surface area contributed by atoms with E-state index in [2.05, 4.69) is 4.98 Å². The molecule has 0 atom stereocenters. The predicted molar refractivity (Wildman–Crippen MR) is 90.8 cm³/mol. The fourth-order valence-electron chi connectivity index (χ4n) is 2.67. The van der Waals surface area contributed by atoms with Gasteiger partial charge in [0.05, 0.1) is 11.9 Å². The van der Waals surface area contributed by atoms with Gasteiger partial charge < -0.3 is 9.47 Å². The lowest BCUT2D eigenvalue weighted by atomic mass is 10.1. The van der Waals surface area contributed by atoms with Gasteiger partial charge in [0.15, 0.2) is 0 Å². The molecule has 26 heavy (non-hydrogen) atoms. The van der Waals surface area contributed by atoms with Crippen molar-refractivity contribution in [3.05, 3.63) is 83.9 Å². The van der Waals surface area contributed by atoms with Gasteiger partial charge in [-0.05, 0) is 35.9 Å². The lowest BCUT2D eigenvalue weighted by molar-refractivity contribution is -0.138. The number of imidazole rings is 1. The molecule has 1 aromatic heterocycles. The van der Waals surface area contributed by atoms with Crippen LogP contribution >= 0.6 is 0 Å². The fraction of sp³-hybridized carbons (Fsp3) is 0.158. The highest BCUT2D eigenvalue weighted by Gasteiger charge is 2.33. The third-order valence-electron chi connectivity index (χ3n) is 3.99. The minimum atomic E-state index is -4.45. The molecule has 0 saturated heterocycles. The molecule has 0 aliphatic carbocycles. The van der Waals surface area contributed by atoms with E-state index in [9.17, 15) is 18.0 Å². The Bertz CT molecular complexity index is 887. The van der Waals surface area contributed by atoms with Crippen LogP contribution in [0, 0.1) is 0 Å². The van der Waals surface area contributed by atoms with Crippen molar-refractivity contribution < 1.29 is 18.0 Å². The summed E-state index contributed by atoms with van der Waals surface area (Å²) in [4.78, 5) is 17.8. The van der Waals surface area contributed by atoms with Gasteiger partial charge in [0.2, 0.25) is 0 Å². The van der Waals surface area contributed by atoms with Crippen molar-refractivity contribution in [3.8, 4) is 5.69 Å². The van der Waals surface area contributed by atoms with Crippen LogP contribution in [0.4, 0.5) is 13.2 Å². The number of halogens is 3. The van der Waals surface area contributed by atoms with Crippen LogP contribution in [-0.4, -0.2) is 27.4 Å². The number of rotatable bonds is 4. The van der Waals surface area contributed by atoms with E-state index in [4.69, 9.17) is 0 Å². The van der Waals surface area contributed by atoms with Gasteiger partial charge in [-0.15, -0.1) is 0 Å². The van der Waals surface area contributed by atoms with Gasteiger partial charge in [0, 0.05) is 37.2 Å². The Hall–Kier alpha value is -3.09. The second kappa shape index (κ2) is 7.03. The van der Waals surface area contributed by atoms with E-state index >= 15 is 0 Å². The van der Waals surface area contributed by atoms with Crippen LogP contribution in [0.15, 0.2) is 67.3 Å². The number of nitrogens with zero attached hydrogens (tertiary/aromatic N) is 3. The Morgan fingerprint density at radius 1 is 1.12 bits per heavy atom. The van der Waals surface area contributed by atoms with Crippen LogP contribution in [0.2, 0.25) is 0 Å². The largest absolute Gasteiger partial charge is 0.416 e. The Balaban J connectivity index is 1.77. The predicted octanol–water partition coefficient (Wildman–Crippen LogP) is 4.16. The Kier molecular flexibility index (Phi) is 4.79. The SMILES string of the molecule is CN(Cc1ccccc1C(F)(F)F)C(=O)c1ccc(-n2ccnc2)cc1. The Morgan fingerprint density at radius 2 is 1.81 bits per heavy atom. The number of benzene rings is 2. The molecule has 2 aromatic carbocycles. The minimum absolute atomic E-state index is 0.0610. The number of alkyl halides is 3. The lowest BCUT2D eigenvalue weighted by Gasteiger charge is -2.20. The van der Waals surface area contributed by atoms with Gasteiger partial charge in [-0.25, -0.2) is 4.98 Å². The number of amides is 1. The maximum atomic E-state index is 13.1. The molecule has 0 unspecified atom stereocenters. The summed E-state index contributed by atoms with van der Waals surface area (Å²) in [5, 5.41) is 0. The fourth-order valence-corrected chi connectivity index (χ4v) is 2.67. The smallest absolute Gasteiger partial charge is 0.337 e. The molecule has 0 N–H and O–H groups in total. The first-order valence-electron chi connectivity index (χ1n) is 7.85. The van der Waals surface area contributed by atoms with Gasteiger partial charge in [-0.2, -0.15) is 13.2 Å². The van der Waals surface area contributed by atoms with Crippen molar-refractivity contribution in [3.63, 3.8) is 0 Å². The Labute approximate surface area is 148 Å². The summed E-state index contributed by atoms with van der Waals surface area (Å²) >= 11 is 0. The Morgan fingerprint density at radius 3 is 2.42 bits per heavy atom. The maximum Gasteiger partial charge on any atom is 0.416 e. The van der Waals surface area contributed by atoms with Crippen LogP contribution in [0.3, 0.4) is 0 Å². The average Bonchev–Trinajstić information content (AvgIpc) is 3.15. The first-order valence-corrected chi connectivity index (χ1v) is 7.85. The maximum absolute atomic E-state index is 13.1. The van der Waals surface area contributed by atoms with Crippen LogP contribution < -0.4 is 0 Å². The molecule has 0 saturated carbocycles. The molecule has 4 nitrogen and oxygen atoms in total. The second-order valence-electron chi connectivity index (χ2n) is 5.83. The zero-order valence-corrected chi connectivity index (χ0v) is 13.9. The molecule has 3 rings (SSSR count). The van der Waals surface area contributed by atoms with Crippen molar-refractivity contribution in [1.82, 2.24) is 14.5 Å². The van der Waals surface area contributed by atoms with Gasteiger partial charge >= 0.3 is 6.18 Å².